The van der Waals surface area contributed by atoms with Crippen molar-refractivity contribution < 1.29 is 9.53 Å². The van der Waals surface area contributed by atoms with E-state index in [-0.39, 0.29) is 17.6 Å². The molecule has 19 heavy (non-hydrogen) atoms. The molecule has 1 aliphatic heterocycles. The van der Waals surface area contributed by atoms with E-state index >= 15 is 0 Å². The van der Waals surface area contributed by atoms with Gasteiger partial charge in [-0.05, 0) is 39.5 Å². The summed E-state index contributed by atoms with van der Waals surface area (Å²) >= 11 is 0. The fourth-order valence-electron chi connectivity index (χ4n) is 2.88. The number of hydrogen-bond acceptors (Lipinski definition) is 3. The summed E-state index contributed by atoms with van der Waals surface area (Å²) in [4.78, 5) is 14.2. The molecule has 0 aromatic carbocycles. The normalized spacial score (nSPS) is 25.3. The van der Waals surface area contributed by atoms with Crippen LogP contribution in [0, 0.1) is 5.41 Å². The second-order valence-corrected chi connectivity index (χ2v) is 7.68. The lowest BCUT2D eigenvalue weighted by Gasteiger charge is -2.40. The second-order valence-electron chi connectivity index (χ2n) is 7.68. The third-order valence-electron chi connectivity index (χ3n) is 3.32. The smallest absolute Gasteiger partial charge is 0.410 e. The lowest BCUT2D eigenvalue weighted by molar-refractivity contribution is -0.0194. The Morgan fingerprint density at radius 1 is 1.26 bits per heavy atom. The lowest BCUT2D eigenvalue weighted by atomic mass is 9.84. The van der Waals surface area contributed by atoms with Crippen molar-refractivity contribution >= 4 is 6.09 Å². The van der Waals surface area contributed by atoms with Crippen LogP contribution in [0.25, 0.3) is 0 Å². The summed E-state index contributed by atoms with van der Waals surface area (Å²) in [5, 5.41) is 3.37. The molecule has 1 saturated heterocycles. The molecule has 0 saturated carbocycles. The van der Waals surface area contributed by atoms with Crippen molar-refractivity contribution in [1.82, 2.24) is 10.2 Å². The van der Waals surface area contributed by atoms with Gasteiger partial charge in [-0.3, -0.25) is 0 Å². The first-order valence-corrected chi connectivity index (χ1v) is 7.23. The number of amides is 1. The quantitative estimate of drug-likeness (QED) is 0.838. The molecule has 0 spiro atoms. The molecule has 1 rings (SSSR count). The van der Waals surface area contributed by atoms with Crippen LogP contribution in [-0.2, 0) is 4.74 Å². The summed E-state index contributed by atoms with van der Waals surface area (Å²) in [5.74, 6) is 0. The van der Waals surface area contributed by atoms with Gasteiger partial charge in [0, 0.05) is 25.2 Å². The molecular formula is C15H30N2O2. The van der Waals surface area contributed by atoms with E-state index in [0.29, 0.717) is 12.6 Å². The molecule has 112 valence electrons. The maximum atomic E-state index is 12.3. The van der Waals surface area contributed by atoms with Crippen LogP contribution in [-0.4, -0.2) is 41.8 Å². The molecule has 0 bridgehead atoms. The van der Waals surface area contributed by atoms with Gasteiger partial charge in [0.1, 0.15) is 5.60 Å². The highest BCUT2D eigenvalue weighted by atomic mass is 16.6. The Balaban J connectivity index is 2.62. The van der Waals surface area contributed by atoms with E-state index < -0.39 is 5.60 Å². The van der Waals surface area contributed by atoms with Gasteiger partial charge in [-0.2, -0.15) is 0 Å². The van der Waals surface area contributed by atoms with E-state index in [9.17, 15) is 4.79 Å². The minimum Gasteiger partial charge on any atom is -0.443 e. The van der Waals surface area contributed by atoms with Crippen LogP contribution in [0.3, 0.4) is 0 Å². The zero-order chi connectivity index (χ0) is 14.8. The molecule has 0 aromatic rings. The first kappa shape index (κ1) is 16.3. The number of rotatable bonds is 2. The molecule has 4 nitrogen and oxygen atoms in total. The maximum Gasteiger partial charge on any atom is 0.410 e. The van der Waals surface area contributed by atoms with Crippen molar-refractivity contribution in [2.75, 3.05) is 13.1 Å². The van der Waals surface area contributed by atoms with Crippen LogP contribution in [0.2, 0.25) is 0 Å². The second kappa shape index (κ2) is 5.70. The van der Waals surface area contributed by atoms with E-state index in [1.54, 1.807) is 0 Å². The van der Waals surface area contributed by atoms with Crippen molar-refractivity contribution in [3.8, 4) is 0 Å². The summed E-state index contributed by atoms with van der Waals surface area (Å²) in [6, 6.07) is 0.517. The monoisotopic (exact) mass is 270 g/mol. The fourth-order valence-corrected chi connectivity index (χ4v) is 2.88. The Labute approximate surface area is 117 Å². The molecule has 0 aliphatic carbocycles. The molecule has 0 aromatic heterocycles. The highest BCUT2D eigenvalue weighted by Crippen LogP contribution is 2.30. The molecule has 1 N–H and O–H groups in total. The van der Waals surface area contributed by atoms with Gasteiger partial charge in [0.15, 0.2) is 0 Å². The highest BCUT2D eigenvalue weighted by Gasteiger charge is 2.34. The average Bonchev–Trinajstić information content (AvgIpc) is 2.16. The first-order chi connectivity index (χ1) is 8.50. The molecule has 2 atom stereocenters. The van der Waals surface area contributed by atoms with Crippen LogP contribution in [0.1, 0.15) is 54.9 Å². The lowest BCUT2D eigenvalue weighted by Crippen LogP contribution is -2.57. The van der Waals surface area contributed by atoms with Gasteiger partial charge in [-0.1, -0.05) is 20.8 Å². The Morgan fingerprint density at radius 3 is 2.37 bits per heavy atom. The molecular weight excluding hydrogens is 240 g/mol. The van der Waals surface area contributed by atoms with Gasteiger partial charge >= 0.3 is 6.09 Å². The van der Waals surface area contributed by atoms with Crippen molar-refractivity contribution in [3.05, 3.63) is 0 Å². The van der Waals surface area contributed by atoms with E-state index in [0.717, 1.165) is 13.0 Å². The van der Waals surface area contributed by atoms with Crippen LogP contribution in [0.15, 0.2) is 0 Å². The number of ether oxygens (including phenoxy) is 1. The number of hydrogen-bond donors (Lipinski definition) is 1. The summed E-state index contributed by atoms with van der Waals surface area (Å²) in [6.07, 6.45) is 0.664. The van der Waals surface area contributed by atoms with Crippen molar-refractivity contribution in [2.24, 2.45) is 5.41 Å². The highest BCUT2D eigenvalue weighted by molar-refractivity contribution is 5.68. The van der Waals surface area contributed by atoms with Gasteiger partial charge in [0.25, 0.3) is 0 Å². The zero-order valence-corrected chi connectivity index (χ0v) is 13.5. The molecule has 1 amide bonds. The number of piperazine rings is 1. The number of nitrogens with zero attached hydrogens (tertiary/aromatic N) is 1. The summed E-state index contributed by atoms with van der Waals surface area (Å²) in [5.41, 5.74) is -0.282. The standard InChI is InChI=1S/C15H30N2O2/c1-11-9-17(12(2)8-16-11)13(18)19-15(6,7)10-14(3,4)5/h11-12,16H,8-10H2,1-7H3/t11-,12+/m1/s1. The summed E-state index contributed by atoms with van der Waals surface area (Å²) in [6.45, 7) is 16.2. The SMILES string of the molecule is C[C@@H]1CN(C(=O)OC(C)(C)CC(C)(C)C)[C@@H](C)CN1. The van der Waals surface area contributed by atoms with Crippen molar-refractivity contribution in [3.63, 3.8) is 0 Å². The third kappa shape index (κ3) is 5.39. The van der Waals surface area contributed by atoms with E-state index in [4.69, 9.17) is 4.74 Å². The maximum absolute atomic E-state index is 12.3. The van der Waals surface area contributed by atoms with Gasteiger partial charge in [-0.25, -0.2) is 4.79 Å². The van der Waals surface area contributed by atoms with Crippen LogP contribution < -0.4 is 5.32 Å². The van der Waals surface area contributed by atoms with E-state index in [2.05, 4.69) is 39.9 Å². The minimum absolute atomic E-state index is 0.145. The van der Waals surface area contributed by atoms with E-state index in [1.165, 1.54) is 0 Å². The van der Waals surface area contributed by atoms with Crippen molar-refractivity contribution in [2.45, 2.75) is 72.6 Å². The zero-order valence-electron chi connectivity index (χ0n) is 13.5. The number of carbonyl (C=O) groups excluding carboxylic acids is 1. The van der Waals surface area contributed by atoms with Crippen LogP contribution in [0.4, 0.5) is 4.79 Å². The Morgan fingerprint density at radius 2 is 1.84 bits per heavy atom. The van der Waals surface area contributed by atoms with Gasteiger partial charge in [0.2, 0.25) is 0 Å². The number of nitrogens with one attached hydrogen (secondary N) is 1. The Bertz CT molecular complexity index is 321. The van der Waals surface area contributed by atoms with Gasteiger partial charge in [-0.15, -0.1) is 0 Å². The van der Waals surface area contributed by atoms with Crippen LogP contribution in [0.5, 0.6) is 0 Å². The molecule has 4 heteroatoms. The minimum atomic E-state index is -0.427. The molecule has 0 radical (unpaired) electrons. The molecule has 1 aliphatic rings. The van der Waals surface area contributed by atoms with Crippen molar-refractivity contribution in [1.29, 1.82) is 0 Å². The van der Waals surface area contributed by atoms with E-state index in [1.807, 2.05) is 18.7 Å². The third-order valence-corrected chi connectivity index (χ3v) is 3.32. The topological polar surface area (TPSA) is 41.6 Å². The van der Waals surface area contributed by atoms with Gasteiger partial charge < -0.3 is 15.0 Å². The summed E-state index contributed by atoms with van der Waals surface area (Å²) < 4.78 is 5.73. The largest absolute Gasteiger partial charge is 0.443 e. The van der Waals surface area contributed by atoms with Crippen LogP contribution >= 0.6 is 0 Å². The van der Waals surface area contributed by atoms with Gasteiger partial charge in [0.05, 0.1) is 0 Å². The number of carbonyl (C=O) groups is 1. The first-order valence-electron chi connectivity index (χ1n) is 7.23. The average molecular weight is 270 g/mol. The molecule has 0 unspecified atom stereocenters. The Hall–Kier alpha value is -0.770. The Kier molecular flexibility index (Phi) is 4.88. The molecule has 1 heterocycles. The molecule has 1 fully saturated rings. The summed E-state index contributed by atoms with van der Waals surface area (Å²) in [7, 11) is 0. The predicted molar refractivity (Wildman–Crippen MR) is 78.3 cm³/mol. The fraction of sp³-hybridized carbons (Fsp3) is 0.933. The predicted octanol–water partition coefficient (Wildman–Crippen LogP) is 3.02.